The quantitative estimate of drug-likeness (QED) is 0.166. The van der Waals surface area contributed by atoms with E-state index in [4.69, 9.17) is 24.7 Å². The number of hydrazone groups is 1. The summed E-state index contributed by atoms with van der Waals surface area (Å²) in [6, 6.07) is 8.33. The van der Waals surface area contributed by atoms with Crippen LogP contribution in [0.25, 0.3) is 0 Å². The van der Waals surface area contributed by atoms with E-state index in [-0.39, 0.29) is 6.61 Å². The zero-order valence-corrected chi connectivity index (χ0v) is 20.6. The van der Waals surface area contributed by atoms with Crippen LogP contribution in [-0.2, 0) is 4.79 Å². The molecule has 0 saturated heterocycles. The van der Waals surface area contributed by atoms with Gasteiger partial charge in [0.25, 0.3) is 11.8 Å². The molecular formula is C23H26IN3O6. The fourth-order valence-corrected chi connectivity index (χ4v) is 3.41. The maximum absolute atomic E-state index is 12.5. The SMILES string of the molecule is C=CCOc1ccc(C(=O)N/N=C/c2cc(I)c(OCC(N)=O)c(OCC)c2)cc1OCC. The summed E-state index contributed by atoms with van der Waals surface area (Å²) in [5.74, 6) is 0.833. The van der Waals surface area contributed by atoms with Crippen LogP contribution in [0.5, 0.6) is 23.0 Å². The first kappa shape index (κ1) is 26.0. The molecule has 0 unspecified atom stereocenters. The molecular weight excluding hydrogens is 541 g/mol. The smallest absolute Gasteiger partial charge is 0.271 e. The summed E-state index contributed by atoms with van der Waals surface area (Å²) in [4.78, 5) is 23.6. The lowest BCUT2D eigenvalue weighted by molar-refractivity contribution is -0.120. The van der Waals surface area contributed by atoms with Gasteiger partial charge < -0.3 is 24.7 Å². The number of hydrogen-bond donors (Lipinski definition) is 2. The molecule has 0 aliphatic carbocycles. The van der Waals surface area contributed by atoms with E-state index >= 15 is 0 Å². The largest absolute Gasteiger partial charge is 0.490 e. The van der Waals surface area contributed by atoms with Gasteiger partial charge in [0.05, 0.1) is 23.0 Å². The zero-order chi connectivity index (χ0) is 24.2. The van der Waals surface area contributed by atoms with Gasteiger partial charge in [0.15, 0.2) is 29.6 Å². The second kappa shape index (κ2) is 13.3. The summed E-state index contributed by atoms with van der Waals surface area (Å²) < 4.78 is 22.9. The Hall–Kier alpha value is -3.28. The molecule has 0 aliphatic rings. The van der Waals surface area contributed by atoms with Crippen molar-refractivity contribution in [3.8, 4) is 23.0 Å². The van der Waals surface area contributed by atoms with Crippen LogP contribution < -0.4 is 30.1 Å². The first-order chi connectivity index (χ1) is 15.9. The number of nitrogens with one attached hydrogen (secondary N) is 1. The number of nitrogens with two attached hydrogens (primary N) is 1. The van der Waals surface area contributed by atoms with Gasteiger partial charge >= 0.3 is 0 Å². The highest BCUT2D eigenvalue weighted by molar-refractivity contribution is 14.1. The van der Waals surface area contributed by atoms with Gasteiger partial charge in [-0.2, -0.15) is 5.10 Å². The molecule has 9 nitrogen and oxygen atoms in total. The van der Waals surface area contributed by atoms with Gasteiger partial charge in [-0.05, 0) is 72.3 Å². The Kier molecular flexibility index (Phi) is 10.5. The van der Waals surface area contributed by atoms with Crippen molar-refractivity contribution in [2.75, 3.05) is 26.4 Å². The third-order valence-corrected chi connectivity index (χ3v) is 4.73. The Morgan fingerprint density at radius 2 is 1.79 bits per heavy atom. The Morgan fingerprint density at radius 3 is 2.45 bits per heavy atom. The molecule has 10 heteroatoms. The molecule has 0 fully saturated rings. The average molecular weight is 567 g/mol. The molecule has 0 aliphatic heterocycles. The Balaban J connectivity index is 2.15. The lowest BCUT2D eigenvalue weighted by Gasteiger charge is -2.13. The Labute approximate surface area is 206 Å². The van der Waals surface area contributed by atoms with Gasteiger partial charge in [-0.15, -0.1) is 0 Å². The average Bonchev–Trinajstić information content (AvgIpc) is 2.77. The number of primary amides is 1. The highest BCUT2D eigenvalue weighted by Gasteiger charge is 2.14. The molecule has 0 spiro atoms. The molecule has 0 saturated carbocycles. The minimum absolute atomic E-state index is 0.263. The molecule has 2 aromatic carbocycles. The van der Waals surface area contributed by atoms with Crippen molar-refractivity contribution >= 4 is 40.6 Å². The molecule has 2 rings (SSSR count). The first-order valence-corrected chi connectivity index (χ1v) is 11.2. The number of benzene rings is 2. The lowest BCUT2D eigenvalue weighted by atomic mass is 10.2. The maximum Gasteiger partial charge on any atom is 0.271 e. The number of ether oxygens (including phenoxy) is 4. The van der Waals surface area contributed by atoms with Crippen LogP contribution in [0.4, 0.5) is 0 Å². The second-order valence-electron chi connectivity index (χ2n) is 6.41. The Bertz CT molecular complexity index is 1030. The highest BCUT2D eigenvalue weighted by Crippen LogP contribution is 2.34. The van der Waals surface area contributed by atoms with Crippen molar-refractivity contribution in [2.45, 2.75) is 13.8 Å². The summed E-state index contributed by atoms with van der Waals surface area (Å²) in [7, 11) is 0. The predicted octanol–water partition coefficient (Wildman–Crippen LogP) is 3.28. The van der Waals surface area contributed by atoms with Crippen LogP contribution in [-0.4, -0.2) is 44.5 Å². The number of hydrogen-bond acceptors (Lipinski definition) is 7. The van der Waals surface area contributed by atoms with Crippen molar-refractivity contribution in [1.29, 1.82) is 0 Å². The van der Waals surface area contributed by atoms with Gasteiger partial charge in [0, 0.05) is 5.56 Å². The summed E-state index contributed by atoms with van der Waals surface area (Å²) in [5.41, 5.74) is 8.67. The van der Waals surface area contributed by atoms with Crippen molar-refractivity contribution < 1.29 is 28.5 Å². The standard InChI is InChI=1S/C23H26IN3O6/c1-4-9-32-18-8-7-16(12-19(18)30-5-2)23(29)27-26-13-15-10-17(24)22(33-14-21(25)28)20(11-15)31-6-3/h4,7-8,10-13H,1,5-6,9,14H2,2-3H3,(H2,25,28)(H,27,29)/b26-13+. The number of halogens is 1. The lowest BCUT2D eigenvalue weighted by Crippen LogP contribution is -2.20. The first-order valence-electron chi connectivity index (χ1n) is 10.1. The van der Waals surface area contributed by atoms with Gasteiger partial charge in [0.2, 0.25) is 0 Å². The number of amides is 2. The molecule has 176 valence electrons. The molecule has 33 heavy (non-hydrogen) atoms. The molecule has 2 amide bonds. The minimum atomic E-state index is -0.589. The fraction of sp³-hybridized carbons (Fsp3) is 0.261. The number of carbonyl (C=O) groups is 2. The van der Waals surface area contributed by atoms with E-state index in [1.165, 1.54) is 6.21 Å². The normalized spacial score (nSPS) is 10.5. The van der Waals surface area contributed by atoms with E-state index in [9.17, 15) is 9.59 Å². The number of nitrogens with zero attached hydrogens (tertiary/aromatic N) is 1. The van der Waals surface area contributed by atoms with E-state index in [1.807, 2.05) is 13.8 Å². The van der Waals surface area contributed by atoms with Gasteiger partial charge in [-0.3, -0.25) is 9.59 Å². The van der Waals surface area contributed by atoms with Crippen LogP contribution in [0.3, 0.4) is 0 Å². The minimum Gasteiger partial charge on any atom is -0.490 e. The summed E-state index contributed by atoms with van der Waals surface area (Å²) in [6.07, 6.45) is 3.10. The van der Waals surface area contributed by atoms with Crippen molar-refractivity contribution in [1.82, 2.24) is 5.43 Å². The number of carbonyl (C=O) groups excluding carboxylic acids is 2. The molecule has 3 N–H and O–H groups in total. The predicted molar refractivity (Wildman–Crippen MR) is 133 cm³/mol. The van der Waals surface area contributed by atoms with E-state index in [2.05, 4.69) is 39.7 Å². The third-order valence-electron chi connectivity index (χ3n) is 3.93. The molecule has 2 aromatic rings. The topological polar surface area (TPSA) is 121 Å². The van der Waals surface area contributed by atoms with E-state index in [0.717, 1.165) is 0 Å². The van der Waals surface area contributed by atoms with Crippen LogP contribution in [0.1, 0.15) is 29.8 Å². The van der Waals surface area contributed by atoms with E-state index in [0.29, 0.717) is 57.5 Å². The monoisotopic (exact) mass is 567 g/mol. The van der Waals surface area contributed by atoms with Crippen molar-refractivity contribution in [3.63, 3.8) is 0 Å². The van der Waals surface area contributed by atoms with Gasteiger partial charge in [-0.25, -0.2) is 5.43 Å². The van der Waals surface area contributed by atoms with Gasteiger partial charge in [0.1, 0.15) is 6.61 Å². The maximum atomic E-state index is 12.5. The summed E-state index contributed by atoms with van der Waals surface area (Å²) in [6.45, 7) is 8.17. The van der Waals surface area contributed by atoms with E-state index in [1.54, 1.807) is 36.4 Å². The molecule has 0 aromatic heterocycles. The van der Waals surface area contributed by atoms with E-state index < -0.39 is 11.8 Å². The molecule has 0 atom stereocenters. The van der Waals surface area contributed by atoms with Crippen molar-refractivity contribution in [2.24, 2.45) is 10.8 Å². The molecule has 0 bridgehead atoms. The van der Waals surface area contributed by atoms with Crippen LogP contribution in [0.2, 0.25) is 0 Å². The van der Waals surface area contributed by atoms with Crippen LogP contribution in [0.15, 0.2) is 48.1 Å². The van der Waals surface area contributed by atoms with Gasteiger partial charge in [-0.1, -0.05) is 12.7 Å². The van der Waals surface area contributed by atoms with Crippen LogP contribution in [0, 0.1) is 3.57 Å². The fourth-order valence-electron chi connectivity index (χ4n) is 2.62. The van der Waals surface area contributed by atoms with Crippen LogP contribution >= 0.6 is 22.6 Å². The molecule has 0 radical (unpaired) electrons. The third kappa shape index (κ3) is 7.97. The van der Waals surface area contributed by atoms with Crippen molar-refractivity contribution in [3.05, 3.63) is 57.7 Å². The summed E-state index contributed by atoms with van der Waals surface area (Å²) >= 11 is 2.06. The number of rotatable bonds is 13. The Morgan fingerprint density at radius 1 is 1.06 bits per heavy atom. The zero-order valence-electron chi connectivity index (χ0n) is 18.4. The summed E-state index contributed by atoms with van der Waals surface area (Å²) in [5, 5.41) is 4.03. The molecule has 0 heterocycles. The highest BCUT2D eigenvalue weighted by atomic mass is 127. The second-order valence-corrected chi connectivity index (χ2v) is 7.57.